The molecule has 1 amide bonds. The summed E-state index contributed by atoms with van der Waals surface area (Å²) in [5.74, 6) is -0.319. The van der Waals surface area contributed by atoms with Gasteiger partial charge in [0.1, 0.15) is 17.0 Å². The number of carbonyl (C=O) groups is 2. The van der Waals surface area contributed by atoms with E-state index in [1.54, 1.807) is 0 Å². The van der Waals surface area contributed by atoms with Crippen LogP contribution in [0.2, 0.25) is 0 Å². The fraction of sp³-hybridized carbons (Fsp3) is 0.579. The summed E-state index contributed by atoms with van der Waals surface area (Å²) in [6.07, 6.45) is 7.50. The molecule has 6 nitrogen and oxygen atoms in total. The number of hydrogen-bond donors (Lipinski definition) is 4. The van der Waals surface area contributed by atoms with Gasteiger partial charge in [-0.25, -0.2) is 4.79 Å². The van der Waals surface area contributed by atoms with E-state index in [4.69, 9.17) is 5.11 Å². The Balaban J connectivity index is 1.52. The van der Waals surface area contributed by atoms with Gasteiger partial charge < -0.3 is 20.6 Å². The van der Waals surface area contributed by atoms with Crippen molar-refractivity contribution in [1.29, 1.82) is 0 Å². The molecule has 0 saturated heterocycles. The van der Waals surface area contributed by atoms with Crippen molar-refractivity contribution < 1.29 is 24.9 Å². The van der Waals surface area contributed by atoms with Crippen molar-refractivity contribution in [3.63, 3.8) is 0 Å². The molecule has 0 spiro atoms. The van der Waals surface area contributed by atoms with Crippen LogP contribution in [0.5, 0.6) is 11.5 Å². The van der Waals surface area contributed by atoms with Gasteiger partial charge >= 0.3 is 5.97 Å². The number of carbonyl (C=O) groups excluding carboxylic acids is 1. The van der Waals surface area contributed by atoms with Gasteiger partial charge in [0, 0.05) is 6.42 Å². The molecule has 5 rings (SSSR count). The van der Waals surface area contributed by atoms with E-state index in [9.17, 15) is 19.8 Å². The van der Waals surface area contributed by atoms with E-state index in [-0.39, 0.29) is 28.3 Å². The van der Waals surface area contributed by atoms with Gasteiger partial charge in [-0.1, -0.05) is 0 Å². The minimum Gasteiger partial charge on any atom is -0.506 e. The predicted octanol–water partition coefficient (Wildman–Crippen LogP) is 3.34. The summed E-state index contributed by atoms with van der Waals surface area (Å²) in [6.45, 7) is 0. The third kappa shape index (κ3) is 2.83. The lowest BCUT2D eigenvalue weighted by Gasteiger charge is -2.56. The van der Waals surface area contributed by atoms with Crippen molar-refractivity contribution in [3.8, 4) is 11.5 Å². The van der Waals surface area contributed by atoms with Crippen LogP contribution < -0.4 is 5.32 Å². The number of amides is 1. The first kappa shape index (κ1) is 16.2. The number of benzene rings is 1. The molecule has 4 fully saturated rings. The van der Waals surface area contributed by atoms with Gasteiger partial charge in [-0.2, -0.15) is 0 Å². The van der Waals surface area contributed by atoms with Crippen molar-refractivity contribution in [2.24, 2.45) is 23.2 Å². The van der Waals surface area contributed by atoms with E-state index in [1.807, 2.05) is 0 Å². The van der Waals surface area contributed by atoms with E-state index in [2.05, 4.69) is 5.32 Å². The Bertz CT molecular complexity index is 706. The third-order valence-electron chi connectivity index (χ3n) is 6.35. The molecule has 0 aliphatic heterocycles. The van der Waals surface area contributed by atoms with Crippen LogP contribution in [0.1, 0.15) is 55.3 Å². The SMILES string of the molecule is O=C(CC12CC3CC(CC(C3)C1)C2)Nc1c(O)ccc(C(=O)O)c1O. The third-order valence-corrected chi connectivity index (χ3v) is 6.35. The Hall–Kier alpha value is -2.24. The predicted molar refractivity (Wildman–Crippen MR) is 90.6 cm³/mol. The molecule has 0 aromatic heterocycles. The molecule has 134 valence electrons. The zero-order valence-electron chi connectivity index (χ0n) is 14.0. The second-order valence-corrected chi connectivity index (χ2v) is 8.30. The molecular weight excluding hydrogens is 322 g/mol. The van der Waals surface area contributed by atoms with E-state index in [0.717, 1.165) is 43.1 Å². The van der Waals surface area contributed by atoms with Crippen LogP contribution in [0.4, 0.5) is 5.69 Å². The van der Waals surface area contributed by atoms with Gasteiger partial charge in [-0.15, -0.1) is 0 Å². The van der Waals surface area contributed by atoms with E-state index in [1.165, 1.54) is 25.3 Å². The Kier molecular flexibility index (Phi) is 3.67. The second-order valence-electron chi connectivity index (χ2n) is 8.30. The lowest BCUT2D eigenvalue weighted by atomic mass is 9.49. The average molecular weight is 345 g/mol. The minimum atomic E-state index is -1.31. The number of anilines is 1. The molecule has 6 heteroatoms. The fourth-order valence-corrected chi connectivity index (χ4v) is 5.91. The highest BCUT2D eigenvalue weighted by atomic mass is 16.4. The molecule has 25 heavy (non-hydrogen) atoms. The molecule has 4 saturated carbocycles. The Labute approximate surface area is 145 Å². The Morgan fingerprint density at radius 2 is 1.60 bits per heavy atom. The number of phenolic OH excluding ortho intramolecular Hbond substituents is 1. The van der Waals surface area contributed by atoms with Crippen LogP contribution in [0.3, 0.4) is 0 Å². The summed E-state index contributed by atoms with van der Waals surface area (Å²) in [5, 5.41) is 31.6. The van der Waals surface area contributed by atoms with Crippen molar-refractivity contribution in [2.75, 3.05) is 5.32 Å². The maximum absolute atomic E-state index is 12.6. The number of nitrogens with one attached hydrogen (secondary N) is 1. The molecule has 0 radical (unpaired) electrons. The second kappa shape index (κ2) is 5.64. The first-order valence-electron chi connectivity index (χ1n) is 8.93. The van der Waals surface area contributed by atoms with Gasteiger partial charge in [0.05, 0.1) is 0 Å². The van der Waals surface area contributed by atoms with Gasteiger partial charge in [0.15, 0.2) is 5.75 Å². The largest absolute Gasteiger partial charge is 0.506 e. The van der Waals surface area contributed by atoms with Crippen molar-refractivity contribution in [3.05, 3.63) is 17.7 Å². The van der Waals surface area contributed by atoms with Crippen molar-refractivity contribution in [2.45, 2.75) is 44.9 Å². The molecule has 0 atom stereocenters. The summed E-state index contributed by atoms with van der Waals surface area (Å²) in [7, 11) is 0. The highest BCUT2D eigenvalue weighted by Gasteiger charge is 2.51. The molecule has 1 aromatic rings. The zero-order chi connectivity index (χ0) is 17.8. The van der Waals surface area contributed by atoms with Crippen LogP contribution >= 0.6 is 0 Å². The molecule has 4 aliphatic rings. The van der Waals surface area contributed by atoms with Crippen LogP contribution in [0.15, 0.2) is 12.1 Å². The van der Waals surface area contributed by atoms with E-state index in [0.29, 0.717) is 6.42 Å². The highest BCUT2D eigenvalue weighted by Crippen LogP contribution is 2.61. The number of rotatable bonds is 4. The summed E-state index contributed by atoms with van der Waals surface area (Å²) in [6, 6.07) is 2.28. The number of carboxylic acid groups (broad SMARTS) is 1. The van der Waals surface area contributed by atoms with E-state index >= 15 is 0 Å². The number of phenols is 2. The summed E-state index contributed by atoms with van der Waals surface area (Å²) in [4.78, 5) is 23.7. The molecule has 4 bridgehead atoms. The Morgan fingerprint density at radius 1 is 1.04 bits per heavy atom. The smallest absolute Gasteiger partial charge is 0.339 e. The summed E-state index contributed by atoms with van der Waals surface area (Å²) >= 11 is 0. The lowest BCUT2D eigenvalue weighted by Crippen LogP contribution is -2.47. The molecule has 4 N–H and O–H groups in total. The average Bonchev–Trinajstić information content (AvgIpc) is 2.49. The van der Waals surface area contributed by atoms with E-state index < -0.39 is 11.7 Å². The minimum absolute atomic E-state index is 0.0362. The standard InChI is InChI=1S/C19H23NO5/c21-14-2-1-13(18(24)25)17(23)16(14)20-15(22)9-19-6-10-3-11(7-19)5-12(4-10)8-19/h1-2,10-12,21,23H,3-9H2,(H,20,22)(H,24,25). The van der Waals surface area contributed by atoms with Crippen LogP contribution in [-0.4, -0.2) is 27.2 Å². The first-order chi connectivity index (χ1) is 11.8. The quantitative estimate of drug-likeness (QED) is 0.626. The number of hydrogen-bond acceptors (Lipinski definition) is 4. The van der Waals surface area contributed by atoms with Gasteiger partial charge in [-0.05, 0) is 73.8 Å². The fourth-order valence-electron chi connectivity index (χ4n) is 5.91. The number of aromatic carboxylic acids is 1. The molecule has 4 aliphatic carbocycles. The number of aromatic hydroxyl groups is 2. The summed E-state index contributed by atoms with van der Waals surface area (Å²) < 4.78 is 0. The maximum atomic E-state index is 12.6. The highest BCUT2D eigenvalue weighted by molar-refractivity contribution is 5.99. The molecular formula is C19H23NO5. The maximum Gasteiger partial charge on any atom is 0.339 e. The van der Waals surface area contributed by atoms with Crippen molar-refractivity contribution >= 4 is 17.6 Å². The number of carboxylic acids is 1. The molecule has 1 aromatic carbocycles. The van der Waals surface area contributed by atoms with Gasteiger partial charge in [-0.3, -0.25) is 4.79 Å². The first-order valence-corrected chi connectivity index (χ1v) is 8.93. The van der Waals surface area contributed by atoms with Crippen molar-refractivity contribution in [1.82, 2.24) is 0 Å². The van der Waals surface area contributed by atoms with Crippen LogP contribution in [-0.2, 0) is 4.79 Å². The molecule has 0 unspecified atom stereocenters. The van der Waals surface area contributed by atoms with Crippen LogP contribution in [0, 0.1) is 23.2 Å². The zero-order valence-corrected chi connectivity index (χ0v) is 14.0. The summed E-state index contributed by atoms with van der Waals surface area (Å²) in [5.41, 5.74) is -0.522. The normalized spacial score (nSPS) is 32.6. The monoisotopic (exact) mass is 345 g/mol. The molecule has 0 heterocycles. The lowest BCUT2D eigenvalue weighted by molar-refractivity contribution is -0.124. The van der Waals surface area contributed by atoms with Crippen LogP contribution in [0.25, 0.3) is 0 Å². The van der Waals surface area contributed by atoms with Gasteiger partial charge in [0.2, 0.25) is 5.91 Å². The van der Waals surface area contributed by atoms with Gasteiger partial charge in [0.25, 0.3) is 0 Å². The Morgan fingerprint density at radius 3 is 2.12 bits per heavy atom. The topological polar surface area (TPSA) is 107 Å².